The highest BCUT2D eigenvalue weighted by molar-refractivity contribution is 5.93. The zero-order valence-corrected chi connectivity index (χ0v) is 10.6. The van der Waals surface area contributed by atoms with Crippen LogP contribution in [0.1, 0.15) is 23.0 Å². The lowest BCUT2D eigenvalue weighted by molar-refractivity contribution is 0.0691. The van der Waals surface area contributed by atoms with Gasteiger partial charge in [0.05, 0.1) is 12.2 Å². The Morgan fingerprint density at radius 2 is 2.11 bits per heavy atom. The van der Waals surface area contributed by atoms with Crippen molar-refractivity contribution < 1.29 is 14.6 Å². The van der Waals surface area contributed by atoms with Crippen LogP contribution in [0.15, 0.2) is 23.0 Å². The number of benzene rings is 1. The fraction of sp³-hybridized carbons (Fsp3) is 0.231. The summed E-state index contributed by atoms with van der Waals surface area (Å²) in [5.41, 5.74) is 0.908. The van der Waals surface area contributed by atoms with Gasteiger partial charge in [0.25, 0.3) is 5.56 Å². The topological polar surface area (TPSA) is 95.2 Å². The van der Waals surface area contributed by atoms with Gasteiger partial charge in [0.15, 0.2) is 5.69 Å². The smallest absolute Gasteiger partial charge is 0.354 e. The second kappa shape index (κ2) is 5.01. The van der Waals surface area contributed by atoms with Crippen molar-refractivity contribution in [2.45, 2.75) is 13.8 Å². The van der Waals surface area contributed by atoms with Crippen molar-refractivity contribution in [3.63, 3.8) is 0 Å². The molecule has 2 aromatic rings. The van der Waals surface area contributed by atoms with E-state index in [1.165, 1.54) is 0 Å². The first kappa shape index (κ1) is 12.9. The summed E-state index contributed by atoms with van der Waals surface area (Å²) in [6, 6.07) is 5.13. The monoisotopic (exact) mass is 262 g/mol. The van der Waals surface area contributed by atoms with Gasteiger partial charge in [-0.2, -0.15) is 0 Å². The van der Waals surface area contributed by atoms with Gasteiger partial charge < -0.3 is 9.84 Å². The van der Waals surface area contributed by atoms with Crippen LogP contribution in [0, 0.1) is 6.92 Å². The molecule has 0 fully saturated rings. The molecule has 0 bridgehead atoms. The quantitative estimate of drug-likeness (QED) is 0.782. The van der Waals surface area contributed by atoms with Crippen molar-refractivity contribution in [1.29, 1.82) is 0 Å². The number of aryl methyl sites for hydroxylation is 1. The zero-order chi connectivity index (χ0) is 14.0. The lowest BCUT2D eigenvalue weighted by atomic mass is 10.0. The van der Waals surface area contributed by atoms with Gasteiger partial charge in [-0.15, -0.1) is 0 Å². The van der Waals surface area contributed by atoms with Gasteiger partial charge in [-0.3, -0.25) is 15.0 Å². The Kier molecular flexibility index (Phi) is 3.41. The summed E-state index contributed by atoms with van der Waals surface area (Å²) >= 11 is 0. The summed E-state index contributed by atoms with van der Waals surface area (Å²) < 4.78 is 5.41. The van der Waals surface area contributed by atoms with E-state index in [1.807, 2.05) is 13.8 Å². The molecular formula is C13H14N2O4. The number of nitrogens with one attached hydrogen (secondary N) is 2. The van der Waals surface area contributed by atoms with Gasteiger partial charge in [0.2, 0.25) is 0 Å². The SMILES string of the molecule is CCOc1ccc(-c2c(C(=O)O)[nH][nH]c2=O)cc1C. The lowest BCUT2D eigenvalue weighted by Gasteiger charge is -2.08. The highest BCUT2D eigenvalue weighted by atomic mass is 16.5. The van der Waals surface area contributed by atoms with Crippen LogP contribution in [0.2, 0.25) is 0 Å². The van der Waals surface area contributed by atoms with Crippen molar-refractivity contribution in [3.8, 4) is 16.9 Å². The predicted molar refractivity (Wildman–Crippen MR) is 69.7 cm³/mol. The van der Waals surface area contributed by atoms with Crippen LogP contribution in [-0.2, 0) is 0 Å². The first-order valence-corrected chi connectivity index (χ1v) is 5.82. The molecule has 1 heterocycles. The number of ether oxygens (including phenoxy) is 1. The number of carboxylic acid groups (broad SMARTS) is 1. The summed E-state index contributed by atoms with van der Waals surface area (Å²) in [6.07, 6.45) is 0. The highest BCUT2D eigenvalue weighted by Gasteiger charge is 2.18. The number of H-pyrrole nitrogens is 2. The van der Waals surface area contributed by atoms with Crippen molar-refractivity contribution >= 4 is 5.97 Å². The van der Waals surface area contributed by atoms with E-state index < -0.39 is 11.5 Å². The van der Waals surface area contributed by atoms with Crippen LogP contribution in [0.5, 0.6) is 5.75 Å². The van der Waals surface area contributed by atoms with Gasteiger partial charge in [-0.25, -0.2) is 4.79 Å². The van der Waals surface area contributed by atoms with Crippen molar-refractivity contribution in [1.82, 2.24) is 10.2 Å². The summed E-state index contributed by atoms with van der Waals surface area (Å²) in [7, 11) is 0. The second-order valence-corrected chi connectivity index (χ2v) is 4.05. The zero-order valence-electron chi connectivity index (χ0n) is 10.6. The van der Waals surface area contributed by atoms with Crippen molar-refractivity contribution in [3.05, 3.63) is 39.8 Å². The lowest BCUT2D eigenvalue weighted by Crippen LogP contribution is -2.05. The fourth-order valence-electron chi connectivity index (χ4n) is 1.92. The van der Waals surface area contributed by atoms with Crippen LogP contribution >= 0.6 is 0 Å². The molecule has 0 aliphatic rings. The Hall–Kier alpha value is -2.50. The van der Waals surface area contributed by atoms with Gasteiger partial charge >= 0.3 is 5.97 Å². The van der Waals surface area contributed by atoms with Crippen LogP contribution in [-0.4, -0.2) is 27.9 Å². The molecule has 0 aliphatic carbocycles. The molecule has 0 radical (unpaired) electrons. The minimum atomic E-state index is -1.18. The van der Waals surface area contributed by atoms with Gasteiger partial charge in [0.1, 0.15) is 5.75 Å². The normalized spacial score (nSPS) is 10.4. The minimum absolute atomic E-state index is 0.124. The van der Waals surface area contributed by atoms with Gasteiger partial charge in [-0.05, 0) is 37.1 Å². The molecule has 0 aliphatic heterocycles. The van der Waals surface area contributed by atoms with Crippen LogP contribution < -0.4 is 10.3 Å². The van der Waals surface area contributed by atoms with E-state index in [-0.39, 0.29) is 11.3 Å². The third kappa shape index (κ3) is 2.37. The second-order valence-electron chi connectivity index (χ2n) is 4.05. The molecule has 19 heavy (non-hydrogen) atoms. The molecule has 0 atom stereocenters. The van der Waals surface area contributed by atoms with Crippen LogP contribution in [0.4, 0.5) is 0 Å². The number of hydrogen-bond acceptors (Lipinski definition) is 3. The van der Waals surface area contributed by atoms with E-state index in [2.05, 4.69) is 10.2 Å². The first-order chi connectivity index (χ1) is 9.04. The molecule has 100 valence electrons. The number of rotatable bonds is 4. The Labute approximate surface area is 109 Å². The van der Waals surface area contributed by atoms with E-state index in [0.29, 0.717) is 12.2 Å². The van der Waals surface area contributed by atoms with Crippen molar-refractivity contribution in [2.24, 2.45) is 0 Å². The molecule has 1 aromatic carbocycles. The van der Waals surface area contributed by atoms with Crippen LogP contribution in [0.25, 0.3) is 11.1 Å². The van der Waals surface area contributed by atoms with E-state index in [4.69, 9.17) is 9.84 Å². The van der Waals surface area contributed by atoms with Crippen LogP contribution in [0.3, 0.4) is 0 Å². The van der Waals surface area contributed by atoms with E-state index >= 15 is 0 Å². The molecule has 0 saturated carbocycles. The average Bonchev–Trinajstić information content (AvgIpc) is 2.74. The largest absolute Gasteiger partial charge is 0.494 e. The summed E-state index contributed by atoms with van der Waals surface area (Å²) in [5, 5.41) is 13.7. The molecule has 0 unspecified atom stereocenters. The molecular weight excluding hydrogens is 248 g/mol. The number of carbonyl (C=O) groups is 1. The maximum atomic E-state index is 11.7. The Bertz CT molecular complexity index is 670. The molecule has 2 rings (SSSR count). The molecule has 0 spiro atoms. The number of aromatic carboxylic acids is 1. The molecule has 6 nitrogen and oxygen atoms in total. The number of aromatic amines is 2. The third-order valence-electron chi connectivity index (χ3n) is 2.76. The average molecular weight is 262 g/mol. The summed E-state index contributed by atoms with van der Waals surface area (Å²) in [6.45, 7) is 4.27. The molecule has 3 N–H and O–H groups in total. The van der Waals surface area contributed by atoms with Crippen molar-refractivity contribution in [2.75, 3.05) is 6.61 Å². The molecule has 0 amide bonds. The summed E-state index contributed by atoms with van der Waals surface area (Å²) in [4.78, 5) is 22.7. The Morgan fingerprint density at radius 3 is 2.68 bits per heavy atom. The number of aromatic nitrogens is 2. The molecule has 0 saturated heterocycles. The van der Waals surface area contributed by atoms with E-state index in [1.54, 1.807) is 18.2 Å². The molecule has 6 heteroatoms. The maximum absolute atomic E-state index is 11.7. The van der Waals surface area contributed by atoms with E-state index in [0.717, 1.165) is 11.3 Å². The Balaban J connectivity index is 2.54. The van der Waals surface area contributed by atoms with Gasteiger partial charge in [-0.1, -0.05) is 6.07 Å². The highest BCUT2D eigenvalue weighted by Crippen LogP contribution is 2.25. The Morgan fingerprint density at radius 1 is 1.37 bits per heavy atom. The minimum Gasteiger partial charge on any atom is -0.494 e. The molecule has 1 aromatic heterocycles. The third-order valence-corrected chi connectivity index (χ3v) is 2.76. The summed E-state index contributed by atoms with van der Waals surface area (Å²) in [5.74, 6) is -0.463. The standard InChI is InChI=1S/C13H14N2O4/c1-3-19-9-5-4-8(6-7(9)2)10-11(13(17)18)14-15-12(10)16/h4-6H,3H2,1-2H3,(H,17,18)(H2,14,15,16). The fourth-order valence-corrected chi connectivity index (χ4v) is 1.92. The number of carboxylic acids is 1. The maximum Gasteiger partial charge on any atom is 0.354 e. The first-order valence-electron chi connectivity index (χ1n) is 5.82. The van der Waals surface area contributed by atoms with E-state index in [9.17, 15) is 9.59 Å². The predicted octanol–water partition coefficient (Wildman–Crippen LogP) is 1.78. The van der Waals surface area contributed by atoms with Gasteiger partial charge in [0, 0.05) is 0 Å². The number of hydrogen-bond donors (Lipinski definition) is 3.